The van der Waals surface area contributed by atoms with E-state index in [-0.39, 0.29) is 36.0 Å². The number of hydrogen-bond donors (Lipinski definition) is 1. The predicted molar refractivity (Wildman–Crippen MR) is 112 cm³/mol. The number of aldehydes is 1. The van der Waals surface area contributed by atoms with E-state index in [0.29, 0.717) is 26.3 Å². The van der Waals surface area contributed by atoms with Gasteiger partial charge in [0.2, 0.25) is 5.91 Å². The van der Waals surface area contributed by atoms with E-state index >= 15 is 0 Å². The number of rotatable bonds is 7. The summed E-state index contributed by atoms with van der Waals surface area (Å²) in [7, 11) is 0. The van der Waals surface area contributed by atoms with Crippen molar-refractivity contribution in [2.45, 2.75) is 58.5 Å². The molecule has 2 rings (SSSR count). The third-order valence-corrected chi connectivity index (χ3v) is 5.35. The first-order valence-electron chi connectivity index (χ1n) is 10.6. The number of allylic oxidation sites excluding steroid dienone is 1. The lowest BCUT2D eigenvalue weighted by Crippen LogP contribution is -2.50. The van der Waals surface area contributed by atoms with Crippen LogP contribution in [0, 0.1) is 11.8 Å². The summed E-state index contributed by atoms with van der Waals surface area (Å²) in [6.07, 6.45) is 7.26. The smallest absolute Gasteiger partial charge is 0.410 e. The van der Waals surface area contributed by atoms with Gasteiger partial charge in [0.1, 0.15) is 12.4 Å². The van der Waals surface area contributed by atoms with Gasteiger partial charge in [-0.15, -0.1) is 0 Å². The molecule has 0 radical (unpaired) electrons. The average Bonchev–Trinajstić information content (AvgIpc) is 2.74. The largest absolute Gasteiger partial charge is 0.442 e. The van der Waals surface area contributed by atoms with Crippen molar-refractivity contribution >= 4 is 18.3 Å². The van der Waals surface area contributed by atoms with E-state index in [1.54, 1.807) is 17.9 Å². The Morgan fingerprint density at radius 2 is 1.87 bits per heavy atom. The molecule has 2 saturated heterocycles. The Morgan fingerprint density at radius 3 is 2.53 bits per heavy atom. The van der Waals surface area contributed by atoms with Crippen molar-refractivity contribution in [1.29, 1.82) is 0 Å². The molecule has 6 atom stereocenters. The predicted octanol–water partition coefficient (Wildman–Crippen LogP) is 2.09. The molecule has 0 aromatic carbocycles. The van der Waals surface area contributed by atoms with E-state index in [2.05, 4.69) is 12.2 Å². The molecule has 0 bridgehead atoms. The van der Waals surface area contributed by atoms with Crippen LogP contribution in [-0.2, 0) is 23.8 Å². The van der Waals surface area contributed by atoms with Crippen LogP contribution in [-0.4, -0.2) is 73.8 Å². The van der Waals surface area contributed by atoms with Crippen LogP contribution in [0.15, 0.2) is 24.3 Å². The van der Waals surface area contributed by atoms with Gasteiger partial charge in [-0.3, -0.25) is 4.79 Å². The number of carbonyl (C=O) groups is 3. The van der Waals surface area contributed by atoms with Gasteiger partial charge in [0.05, 0.1) is 31.5 Å². The van der Waals surface area contributed by atoms with Crippen LogP contribution in [0.1, 0.15) is 34.1 Å². The Bertz CT molecular complexity index is 644. The van der Waals surface area contributed by atoms with Crippen LogP contribution < -0.4 is 5.32 Å². The van der Waals surface area contributed by atoms with Crippen LogP contribution in [0.5, 0.6) is 0 Å². The van der Waals surface area contributed by atoms with Crippen molar-refractivity contribution in [3.63, 3.8) is 0 Å². The number of nitrogens with one attached hydrogen (secondary N) is 1. The number of morpholine rings is 1. The lowest BCUT2D eigenvalue weighted by atomic mass is 9.89. The first kappa shape index (κ1) is 24.1. The van der Waals surface area contributed by atoms with E-state index in [0.717, 1.165) is 12.7 Å². The van der Waals surface area contributed by atoms with Gasteiger partial charge in [-0.25, -0.2) is 4.79 Å². The van der Waals surface area contributed by atoms with Gasteiger partial charge in [0.25, 0.3) is 0 Å². The molecule has 168 valence electrons. The summed E-state index contributed by atoms with van der Waals surface area (Å²) in [6.45, 7) is 9.58. The zero-order chi connectivity index (χ0) is 22.1. The minimum absolute atomic E-state index is 0.0780. The third-order valence-electron chi connectivity index (χ3n) is 5.35. The minimum Gasteiger partial charge on any atom is -0.442 e. The molecule has 8 nitrogen and oxygen atoms in total. The van der Waals surface area contributed by atoms with Crippen LogP contribution in [0.2, 0.25) is 0 Å². The van der Waals surface area contributed by atoms with Gasteiger partial charge < -0.3 is 29.2 Å². The molecule has 30 heavy (non-hydrogen) atoms. The maximum Gasteiger partial charge on any atom is 0.410 e. The third kappa shape index (κ3) is 7.57. The van der Waals surface area contributed by atoms with Crippen LogP contribution in [0.3, 0.4) is 0 Å². The number of ether oxygens (including phenoxy) is 3. The maximum atomic E-state index is 12.3. The molecule has 2 amide bonds. The summed E-state index contributed by atoms with van der Waals surface area (Å²) >= 11 is 0. The molecule has 2 aliphatic heterocycles. The summed E-state index contributed by atoms with van der Waals surface area (Å²) < 4.78 is 16.6. The highest BCUT2D eigenvalue weighted by molar-refractivity contribution is 5.87. The zero-order valence-electron chi connectivity index (χ0n) is 18.3. The average molecular weight is 423 g/mol. The molecule has 2 heterocycles. The Balaban J connectivity index is 1.79. The van der Waals surface area contributed by atoms with Crippen molar-refractivity contribution in [2.75, 3.05) is 26.3 Å². The zero-order valence-corrected chi connectivity index (χ0v) is 18.3. The molecular weight excluding hydrogens is 388 g/mol. The van der Waals surface area contributed by atoms with Crippen molar-refractivity contribution in [3.05, 3.63) is 24.3 Å². The highest BCUT2D eigenvalue weighted by Crippen LogP contribution is 2.26. The Morgan fingerprint density at radius 1 is 1.17 bits per heavy atom. The van der Waals surface area contributed by atoms with E-state index in [1.807, 2.05) is 26.0 Å². The molecular formula is C22H34N2O6. The van der Waals surface area contributed by atoms with E-state index < -0.39 is 12.2 Å². The molecule has 1 unspecified atom stereocenters. The van der Waals surface area contributed by atoms with Gasteiger partial charge in [-0.05, 0) is 32.3 Å². The summed E-state index contributed by atoms with van der Waals surface area (Å²) in [4.78, 5) is 36.7. The SMILES string of the molecule is CC(C=O)/C=C/[C@@H]1O[C@H](C)[C@H](NC(=O)C=C[C@H](C)OC(=O)N2CCOCC2)C[C@@H]1C. The van der Waals surface area contributed by atoms with Gasteiger partial charge in [-0.2, -0.15) is 0 Å². The minimum atomic E-state index is -0.514. The van der Waals surface area contributed by atoms with Crippen LogP contribution in [0.25, 0.3) is 0 Å². The first-order valence-corrected chi connectivity index (χ1v) is 10.6. The summed E-state index contributed by atoms with van der Waals surface area (Å²) in [5.41, 5.74) is 0. The van der Waals surface area contributed by atoms with E-state index in [4.69, 9.17) is 14.2 Å². The molecule has 2 aliphatic rings. The van der Waals surface area contributed by atoms with E-state index in [1.165, 1.54) is 6.08 Å². The quantitative estimate of drug-likeness (QED) is 0.384. The topological polar surface area (TPSA) is 94.2 Å². The van der Waals surface area contributed by atoms with Crippen molar-refractivity contribution < 1.29 is 28.6 Å². The molecule has 0 saturated carbocycles. The highest BCUT2D eigenvalue weighted by atomic mass is 16.6. The summed E-state index contributed by atoms with van der Waals surface area (Å²) in [5.74, 6) is -0.183. The molecule has 0 spiro atoms. The highest BCUT2D eigenvalue weighted by Gasteiger charge is 2.32. The second-order valence-electron chi connectivity index (χ2n) is 8.06. The lowest BCUT2D eigenvalue weighted by molar-refractivity contribution is -0.121. The molecule has 1 N–H and O–H groups in total. The Kier molecular flexibility index (Phi) is 9.52. The van der Waals surface area contributed by atoms with Gasteiger partial charge in [-0.1, -0.05) is 26.0 Å². The van der Waals surface area contributed by atoms with Gasteiger partial charge in [0.15, 0.2) is 0 Å². The number of hydrogen-bond acceptors (Lipinski definition) is 6. The normalized spacial score (nSPS) is 29.5. The number of carbonyl (C=O) groups excluding carboxylic acids is 3. The lowest BCUT2D eigenvalue weighted by Gasteiger charge is -2.38. The standard InChI is InChI=1S/C22H34N2O6/c1-15(14-25)5-7-20-16(2)13-19(18(4)30-20)23-21(26)8-6-17(3)29-22(27)24-9-11-28-12-10-24/h5-8,14-20H,9-13H2,1-4H3,(H,23,26)/b7-5+,8-6?/t15?,16-,17-,18+,19+,20-/m0/s1. The second kappa shape index (κ2) is 11.9. The first-order chi connectivity index (χ1) is 14.3. The monoisotopic (exact) mass is 422 g/mol. The van der Waals surface area contributed by atoms with Crippen LogP contribution in [0.4, 0.5) is 4.79 Å². The van der Waals surface area contributed by atoms with Crippen LogP contribution >= 0.6 is 0 Å². The molecule has 8 heteroatoms. The van der Waals surface area contributed by atoms with Crippen molar-refractivity contribution in [1.82, 2.24) is 10.2 Å². The van der Waals surface area contributed by atoms with Gasteiger partial charge >= 0.3 is 6.09 Å². The molecule has 0 aliphatic carbocycles. The van der Waals surface area contributed by atoms with Crippen molar-refractivity contribution in [3.8, 4) is 0 Å². The fourth-order valence-corrected chi connectivity index (χ4v) is 3.42. The Labute approximate surface area is 178 Å². The summed E-state index contributed by atoms with van der Waals surface area (Å²) in [5, 5.41) is 2.97. The fraction of sp³-hybridized carbons (Fsp3) is 0.682. The Hall–Kier alpha value is -2.19. The molecule has 0 aromatic heterocycles. The van der Waals surface area contributed by atoms with Crippen molar-refractivity contribution in [2.24, 2.45) is 11.8 Å². The fourth-order valence-electron chi connectivity index (χ4n) is 3.42. The maximum absolute atomic E-state index is 12.3. The van der Waals surface area contributed by atoms with E-state index in [9.17, 15) is 14.4 Å². The van der Waals surface area contributed by atoms with Gasteiger partial charge in [0, 0.05) is 25.1 Å². The molecule has 2 fully saturated rings. The summed E-state index contributed by atoms with van der Waals surface area (Å²) in [6, 6.07) is -0.114. The number of nitrogens with zero attached hydrogens (tertiary/aromatic N) is 1. The number of amides is 2. The second-order valence-corrected chi connectivity index (χ2v) is 8.06. The molecule has 0 aromatic rings.